The van der Waals surface area contributed by atoms with Crippen molar-refractivity contribution in [3.05, 3.63) is 83.4 Å². The molecule has 8 heteroatoms. The molecule has 2 N–H and O–H groups in total. The first-order chi connectivity index (χ1) is 22.5. The van der Waals surface area contributed by atoms with Gasteiger partial charge in [-0.25, -0.2) is 4.79 Å². The van der Waals surface area contributed by atoms with Crippen LogP contribution in [0, 0.1) is 11.8 Å². The first kappa shape index (κ1) is 33.7. The number of hydrogen-bond acceptors (Lipinski definition) is 6. The number of unbranched alkanes of at least 4 members (excludes halogenated alkanes) is 2. The fraction of sp³-hybridized carbons (Fsp3) is 0.513. The molecule has 3 aromatic rings. The van der Waals surface area contributed by atoms with Gasteiger partial charge < -0.3 is 28.8 Å². The summed E-state index contributed by atoms with van der Waals surface area (Å²) in [6.45, 7) is 12.2. The van der Waals surface area contributed by atoms with E-state index in [9.17, 15) is 15.0 Å². The zero-order valence-electron chi connectivity index (χ0n) is 28.5. The van der Waals surface area contributed by atoms with Crippen LogP contribution in [-0.2, 0) is 20.3 Å². The molecule has 252 valence electrons. The predicted octanol–water partition coefficient (Wildman–Crippen LogP) is 7.38. The number of carboxylic acid groups (broad SMARTS) is 1. The van der Waals surface area contributed by atoms with Crippen LogP contribution in [0.25, 0.3) is 0 Å². The zero-order valence-corrected chi connectivity index (χ0v) is 29.5. The molecular weight excluding hydrogens is 609 g/mol. The molecule has 0 amide bonds. The summed E-state index contributed by atoms with van der Waals surface area (Å²) < 4.78 is 27.1. The maximum absolute atomic E-state index is 12.4. The maximum atomic E-state index is 12.4. The van der Waals surface area contributed by atoms with Crippen molar-refractivity contribution in [2.75, 3.05) is 13.2 Å². The lowest BCUT2D eigenvalue weighted by atomic mass is 9.79. The van der Waals surface area contributed by atoms with Gasteiger partial charge in [-0.1, -0.05) is 115 Å². The highest BCUT2D eigenvalue weighted by Gasteiger charge is 2.56. The molecule has 1 fully saturated rings. The third kappa shape index (κ3) is 6.14. The summed E-state index contributed by atoms with van der Waals surface area (Å²) in [6.07, 6.45) is 5.78. The highest BCUT2D eigenvalue weighted by molar-refractivity contribution is 6.99. The molecule has 47 heavy (non-hydrogen) atoms. The molecule has 3 heterocycles. The molecule has 1 saturated heterocycles. The minimum Gasteiger partial charge on any atom is -0.507 e. The number of carbonyl (C=O) groups is 1. The van der Waals surface area contributed by atoms with E-state index in [1.165, 1.54) is 10.4 Å². The van der Waals surface area contributed by atoms with Crippen LogP contribution in [0.1, 0.15) is 101 Å². The Hall–Kier alpha value is -3.17. The van der Waals surface area contributed by atoms with Gasteiger partial charge in [-0.2, -0.15) is 0 Å². The molecule has 6 rings (SSSR count). The van der Waals surface area contributed by atoms with E-state index in [2.05, 4.69) is 95.3 Å². The van der Waals surface area contributed by atoms with Crippen LogP contribution >= 0.6 is 0 Å². The van der Waals surface area contributed by atoms with E-state index in [-0.39, 0.29) is 46.1 Å². The highest BCUT2D eigenvalue weighted by atomic mass is 28.4. The summed E-state index contributed by atoms with van der Waals surface area (Å²) in [6, 6.07) is 22.9. The molecule has 3 aromatic carbocycles. The van der Waals surface area contributed by atoms with Crippen LogP contribution in [0.5, 0.6) is 11.5 Å². The number of benzene rings is 3. The average Bonchev–Trinajstić information content (AvgIpc) is 3.32. The third-order valence-electron chi connectivity index (χ3n) is 10.8. The largest absolute Gasteiger partial charge is 0.507 e. The first-order valence-electron chi connectivity index (χ1n) is 17.4. The second kappa shape index (κ2) is 13.4. The standard InChI is InChI=1S/C39H50O7Si/c1-6-7-10-15-29-22-28-23-32(40)35(37(41)42)36-34(28)33(45-29)24-39(46-36)26(2)27(25-43-39)20-21-44-47(38(3,4)5,30-16-11-8-12-17-30)31-18-13-9-14-19-31/h8-9,11-14,16-19,23,26-27,29,33,40H,6-7,10,15,20-22,24-25H2,1-5H3,(H,41,42)/t26-,27+,29+,33-,39-/m0/s1. The summed E-state index contributed by atoms with van der Waals surface area (Å²) in [4.78, 5) is 12.4. The minimum atomic E-state index is -2.69. The van der Waals surface area contributed by atoms with Gasteiger partial charge in [0.15, 0.2) is 0 Å². The number of aromatic carboxylic acids is 1. The van der Waals surface area contributed by atoms with Crippen LogP contribution in [0.3, 0.4) is 0 Å². The van der Waals surface area contributed by atoms with Crippen LogP contribution in [0.2, 0.25) is 5.04 Å². The number of ether oxygens (including phenoxy) is 3. The Morgan fingerprint density at radius 1 is 1.02 bits per heavy atom. The van der Waals surface area contributed by atoms with Gasteiger partial charge in [-0.15, -0.1) is 0 Å². The molecule has 1 spiro atoms. The first-order valence-corrected chi connectivity index (χ1v) is 19.3. The topological polar surface area (TPSA) is 94.5 Å². The maximum Gasteiger partial charge on any atom is 0.343 e. The Bertz CT molecular complexity index is 1510. The predicted molar refractivity (Wildman–Crippen MR) is 185 cm³/mol. The number of aromatic hydroxyl groups is 1. The van der Waals surface area contributed by atoms with Crippen LogP contribution in [0.15, 0.2) is 66.7 Å². The monoisotopic (exact) mass is 658 g/mol. The molecule has 7 nitrogen and oxygen atoms in total. The molecule has 0 bridgehead atoms. The van der Waals surface area contributed by atoms with Gasteiger partial charge in [0.25, 0.3) is 8.32 Å². The second-order valence-electron chi connectivity index (χ2n) is 14.7. The molecule has 0 aromatic heterocycles. The van der Waals surface area contributed by atoms with Crippen molar-refractivity contribution < 1.29 is 33.6 Å². The Morgan fingerprint density at radius 2 is 1.68 bits per heavy atom. The van der Waals surface area contributed by atoms with Gasteiger partial charge in [-0.3, -0.25) is 0 Å². The lowest BCUT2D eigenvalue weighted by Crippen LogP contribution is -2.66. The highest BCUT2D eigenvalue weighted by Crippen LogP contribution is 2.55. The summed E-state index contributed by atoms with van der Waals surface area (Å²) in [5.41, 5.74) is 1.46. The normalized spacial score (nSPS) is 25.4. The smallest absolute Gasteiger partial charge is 0.343 e. The Kier molecular flexibility index (Phi) is 9.60. The molecule has 0 saturated carbocycles. The van der Waals surface area contributed by atoms with Crippen molar-refractivity contribution >= 4 is 24.7 Å². The van der Waals surface area contributed by atoms with E-state index in [4.69, 9.17) is 18.6 Å². The van der Waals surface area contributed by atoms with Crippen molar-refractivity contribution in [1.82, 2.24) is 0 Å². The molecule has 0 aliphatic carbocycles. The van der Waals surface area contributed by atoms with Gasteiger partial charge >= 0.3 is 5.97 Å². The Labute approximate surface area is 280 Å². The van der Waals surface area contributed by atoms with Gasteiger partial charge in [-0.05, 0) is 52.2 Å². The second-order valence-corrected chi connectivity index (χ2v) is 19.0. The van der Waals surface area contributed by atoms with Crippen molar-refractivity contribution in [1.29, 1.82) is 0 Å². The van der Waals surface area contributed by atoms with E-state index in [0.29, 0.717) is 26.1 Å². The fourth-order valence-electron chi connectivity index (χ4n) is 8.26. The van der Waals surface area contributed by atoms with E-state index >= 15 is 0 Å². The molecule has 5 atom stereocenters. The lowest BCUT2D eigenvalue weighted by Gasteiger charge is -2.46. The zero-order chi connectivity index (χ0) is 33.4. The van der Waals surface area contributed by atoms with Crippen LogP contribution in [0.4, 0.5) is 0 Å². The fourth-order valence-corrected chi connectivity index (χ4v) is 12.8. The van der Waals surface area contributed by atoms with Gasteiger partial charge in [0.05, 0.1) is 18.8 Å². The van der Waals surface area contributed by atoms with Crippen molar-refractivity contribution in [2.24, 2.45) is 11.8 Å². The van der Waals surface area contributed by atoms with Gasteiger partial charge in [0, 0.05) is 24.5 Å². The van der Waals surface area contributed by atoms with E-state index in [0.717, 1.165) is 43.2 Å². The molecule has 0 radical (unpaired) electrons. The summed E-state index contributed by atoms with van der Waals surface area (Å²) in [5, 5.41) is 23.4. The summed E-state index contributed by atoms with van der Waals surface area (Å²) in [5.74, 6) is -2.27. The SMILES string of the molecule is CCCCC[C@@H]1Cc2cc(O)c(C(=O)O)c3c2[C@H](C[C@]2(OC[C@@H](CCO[Si](c4ccccc4)(c4ccccc4)C(C)(C)C)[C@@H]2C)O3)O1. The third-order valence-corrected chi connectivity index (χ3v) is 15.8. The van der Waals surface area contributed by atoms with Crippen molar-refractivity contribution in [3.63, 3.8) is 0 Å². The van der Waals surface area contributed by atoms with Crippen molar-refractivity contribution in [3.8, 4) is 11.5 Å². The Morgan fingerprint density at radius 3 is 2.28 bits per heavy atom. The number of carboxylic acids is 1. The molecular formula is C39H50O7Si. The Balaban J connectivity index is 1.26. The van der Waals surface area contributed by atoms with E-state index in [1.54, 1.807) is 6.07 Å². The van der Waals surface area contributed by atoms with Crippen molar-refractivity contribution in [2.45, 2.75) is 103 Å². The van der Waals surface area contributed by atoms with E-state index < -0.39 is 20.1 Å². The number of phenols is 1. The molecule has 0 unspecified atom stereocenters. The number of rotatable bonds is 11. The molecule has 3 aliphatic rings. The summed E-state index contributed by atoms with van der Waals surface area (Å²) >= 11 is 0. The average molecular weight is 659 g/mol. The lowest BCUT2D eigenvalue weighted by molar-refractivity contribution is -0.214. The number of hydrogen-bond donors (Lipinski definition) is 2. The van der Waals surface area contributed by atoms with Gasteiger partial charge in [0.2, 0.25) is 5.79 Å². The van der Waals surface area contributed by atoms with Gasteiger partial charge in [0.1, 0.15) is 17.1 Å². The summed E-state index contributed by atoms with van der Waals surface area (Å²) in [7, 11) is -2.69. The van der Waals surface area contributed by atoms with Crippen LogP contribution < -0.4 is 15.1 Å². The quantitative estimate of drug-likeness (QED) is 0.164. The molecule has 3 aliphatic heterocycles. The van der Waals surface area contributed by atoms with Crippen LogP contribution in [-0.4, -0.2) is 49.6 Å². The minimum absolute atomic E-state index is 0.00415. The van der Waals surface area contributed by atoms with E-state index in [1.807, 2.05) is 0 Å².